The summed E-state index contributed by atoms with van der Waals surface area (Å²) in [6, 6.07) is 13.4. The first-order valence-electron chi connectivity index (χ1n) is 10.7. The van der Waals surface area contributed by atoms with Gasteiger partial charge in [-0.25, -0.2) is 4.98 Å². The van der Waals surface area contributed by atoms with Crippen molar-refractivity contribution in [3.63, 3.8) is 0 Å². The number of hydrogen-bond donors (Lipinski definition) is 1. The van der Waals surface area contributed by atoms with Crippen LogP contribution in [-0.2, 0) is 9.53 Å². The number of carbonyl (C=O) groups excluding carboxylic acids is 1. The Labute approximate surface area is 186 Å². The Morgan fingerprint density at radius 1 is 1.19 bits per heavy atom. The molecule has 0 bridgehead atoms. The van der Waals surface area contributed by atoms with Crippen molar-refractivity contribution in [3.05, 3.63) is 48.3 Å². The van der Waals surface area contributed by atoms with E-state index in [2.05, 4.69) is 9.98 Å². The number of aromatic amines is 1. The van der Waals surface area contributed by atoms with Crippen molar-refractivity contribution in [2.45, 2.75) is 24.3 Å². The number of anilines is 1. The molecule has 2 aromatic carbocycles. The first-order chi connectivity index (χ1) is 15.6. The molecule has 3 aromatic rings. The van der Waals surface area contributed by atoms with Gasteiger partial charge in [-0.15, -0.1) is 0 Å². The van der Waals surface area contributed by atoms with Crippen LogP contribution < -0.4 is 14.4 Å². The van der Waals surface area contributed by atoms with E-state index in [4.69, 9.17) is 19.2 Å². The number of fused-ring (bicyclic) bond motifs is 1. The molecule has 1 spiro atoms. The molecule has 0 radical (unpaired) electrons. The fraction of sp³-hybridized carbons (Fsp3) is 0.375. The summed E-state index contributed by atoms with van der Waals surface area (Å²) in [6.07, 6.45) is 1.45. The zero-order chi connectivity index (χ0) is 22.3. The van der Waals surface area contributed by atoms with Crippen LogP contribution >= 0.6 is 0 Å². The lowest BCUT2D eigenvalue weighted by atomic mass is 9.85. The van der Waals surface area contributed by atoms with Crippen molar-refractivity contribution in [2.75, 3.05) is 39.4 Å². The van der Waals surface area contributed by atoms with Gasteiger partial charge in [0.2, 0.25) is 0 Å². The number of aromatic nitrogens is 2. The van der Waals surface area contributed by atoms with E-state index in [1.54, 1.807) is 21.3 Å². The van der Waals surface area contributed by atoms with E-state index in [0.29, 0.717) is 42.8 Å². The molecule has 2 aliphatic rings. The van der Waals surface area contributed by atoms with Gasteiger partial charge in [-0.05, 0) is 25.0 Å². The molecule has 166 valence electrons. The number of carbonyl (C=O) groups is 1. The molecule has 1 N–H and O–H groups in total. The lowest BCUT2D eigenvalue weighted by Crippen LogP contribution is -2.55. The molecule has 32 heavy (non-hydrogen) atoms. The molecule has 5 rings (SSSR count). The van der Waals surface area contributed by atoms with Gasteiger partial charge < -0.3 is 24.1 Å². The number of imidazole rings is 1. The Balaban J connectivity index is 1.70. The molecule has 0 saturated carbocycles. The third-order valence-corrected chi connectivity index (χ3v) is 6.36. The van der Waals surface area contributed by atoms with Crippen LogP contribution in [0, 0.1) is 0 Å². The number of para-hydroxylation sites is 2. The predicted octanol–water partition coefficient (Wildman–Crippen LogP) is 3.33. The second-order valence-electron chi connectivity index (χ2n) is 8.11. The Morgan fingerprint density at radius 3 is 2.56 bits per heavy atom. The lowest BCUT2D eigenvalue weighted by molar-refractivity contribution is -0.127. The number of aliphatic imine (C=N–C) groups is 1. The topological polar surface area (TPSA) is 89.0 Å². The second kappa shape index (κ2) is 7.94. The van der Waals surface area contributed by atoms with Crippen molar-refractivity contribution in [1.29, 1.82) is 0 Å². The predicted molar refractivity (Wildman–Crippen MR) is 122 cm³/mol. The largest absolute Gasteiger partial charge is 0.497 e. The van der Waals surface area contributed by atoms with E-state index in [9.17, 15) is 4.79 Å². The number of ether oxygens (including phenoxy) is 3. The minimum atomic E-state index is -0.867. The smallest absolute Gasteiger partial charge is 0.179 e. The van der Waals surface area contributed by atoms with E-state index in [-0.39, 0.29) is 5.78 Å². The third kappa shape index (κ3) is 3.05. The highest BCUT2D eigenvalue weighted by Crippen LogP contribution is 2.46. The summed E-state index contributed by atoms with van der Waals surface area (Å²) in [4.78, 5) is 28.8. The molecule has 0 aliphatic carbocycles. The number of nitrogens with zero attached hydrogens (tertiary/aromatic N) is 3. The highest BCUT2D eigenvalue weighted by molar-refractivity contribution is 6.27. The molecule has 2 unspecified atom stereocenters. The average Bonchev–Trinajstić information content (AvgIpc) is 3.36. The van der Waals surface area contributed by atoms with Crippen LogP contribution in [0.5, 0.6) is 11.5 Å². The van der Waals surface area contributed by atoms with Gasteiger partial charge >= 0.3 is 0 Å². The normalized spacial score (nSPS) is 24.6. The van der Waals surface area contributed by atoms with Crippen LogP contribution in [0.15, 0.2) is 47.5 Å². The Morgan fingerprint density at radius 2 is 1.94 bits per heavy atom. The number of amidine groups is 1. The number of hydrogen-bond acceptors (Lipinski definition) is 6. The fourth-order valence-corrected chi connectivity index (χ4v) is 4.88. The Hall–Kier alpha value is -3.39. The maximum absolute atomic E-state index is 14.1. The standard InChI is InChI=1S/C24H26N4O4/c1-25-23-20(22-26-18-7-4-5-8-19(18)27-22)21(29)24(9-6-10-32-14-24)28(23)15-11-16(30-2)13-17(12-15)31-3/h4-5,7-8,11-13,20H,6,9-10,14H2,1-3H3,(H,26,27). The van der Waals surface area contributed by atoms with Gasteiger partial charge in [0.1, 0.15) is 34.6 Å². The summed E-state index contributed by atoms with van der Waals surface area (Å²) in [6.45, 7) is 0.930. The molecule has 2 saturated heterocycles. The average molecular weight is 434 g/mol. The Kier molecular flexibility index (Phi) is 5.09. The number of H-pyrrole nitrogens is 1. The van der Waals surface area contributed by atoms with Crippen molar-refractivity contribution < 1.29 is 19.0 Å². The highest BCUT2D eigenvalue weighted by Gasteiger charge is 2.59. The molecule has 3 heterocycles. The van der Waals surface area contributed by atoms with Gasteiger partial charge in [-0.1, -0.05) is 12.1 Å². The van der Waals surface area contributed by atoms with Gasteiger partial charge in [0, 0.05) is 31.9 Å². The summed E-state index contributed by atoms with van der Waals surface area (Å²) in [5.74, 6) is 1.93. The summed E-state index contributed by atoms with van der Waals surface area (Å²) >= 11 is 0. The minimum Gasteiger partial charge on any atom is -0.497 e. The van der Waals surface area contributed by atoms with Gasteiger partial charge in [-0.3, -0.25) is 9.79 Å². The van der Waals surface area contributed by atoms with Gasteiger partial charge in [-0.2, -0.15) is 0 Å². The third-order valence-electron chi connectivity index (χ3n) is 6.36. The highest BCUT2D eigenvalue weighted by atomic mass is 16.5. The van der Waals surface area contributed by atoms with Crippen molar-refractivity contribution >= 4 is 28.3 Å². The number of rotatable bonds is 4. The van der Waals surface area contributed by atoms with Gasteiger partial charge in [0.15, 0.2) is 5.78 Å². The summed E-state index contributed by atoms with van der Waals surface area (Å²) in [5.41, 5.74) is 1.62. The maximum atomic E-state index is 14.1. The van der Waals surface area contributed by atoms with E-state index < -0.39 is 11.5 Å². The summed E-state index contributed by atoms with van der Waals surface area (Å²) in [7, 11) is 4.93. The Bertz CT molecular complexity index is 1140. The van der Waals surface area contributed by atoms with Gasteiger partial charge in [0.05, 0.1) is 37.5 Å². The van der Waals surface area contributed by atoms with Crippen LogP contribution in [0.4, 0.5) is 5.69 Å². The monoisotopic (exact) mass is 434 g/mol. The van der Waals surface area contributed by atoms with E-state index in [1.807, 2.05) is 47.4 Å². The first kappa shape index (κ1) is 20.5. The molecule has 8 heteroatoms. The molecule has 1 aromatic heterocycles. The first-order valence-corrected chi connectivity index (χ1v) is 10.7. The zero-order valence-electron chi connectivity index (χ0n) is 18.4. The summed E-state index contributed by atoms with van der Waals surface area (Å²) in [5, 5.41) is 0. The van der Waals surface area contributed by atoms with E-state index >= 15 is 0 Å². The van der Waals surface area contributed by atoms with Crippen LogP contribution in [0.1, 0.15) is 24.6 Å². The lowest BCUT2D eigenvalue weighted by Gasteiger charge is -2.40. The number of nitrogens with one attached hydrogen (secondary N) is 1. The molecule has 0 amide bonds. The quantitative estimate of drug-likeness (QED) is 0.678. The van der Waals surface area contributed by atoms with Gasteiger partial charge in [0.25, 0.3) is 0 Å². The van der Waals surface area contributed by atoms with Crippen molar-refractivity contribution in [2.24, 2.45) is 4.99 Å². The number of Topliss-reactive ketones (excluding diaryl/α,β-unsaturated/α-hetero) is 1. The van der Waals surface area contributed by atoms with Crippen molar-refractivity contribution in [3.8, 4) is 11.5 Å². The minimum absolute atomic E-state index is 0.0404. The fourth-order valence-electron chi connectivity index (χ4n) is 4.88. The number of ketones is 1. The molecular formula is C24H26N4O4. The molecule has 2 fully saturated rings. The maximum Gasteiger partial charge on any atom is 0.179 e. The number of methoxy groups -OCH3 is 2. The van der Waals surface area contributed by atoms with Crippen LogP contribution in [-0.4, -0.2) is 61.6 Å². The number of benzene rings is 2. The molecular weight excluding hydrogens is 408 g/mol. The zero-order valence-corrected chi connectivity index (χ0v) is 18.4. The molecule has 2 atom stereocenters. The molecule has 2 aliphatic heterocycles. The van der Waals surface area contributed by atoms with Crippen LogP contribution in [0.2, 0.25) is 0 Å². The SMILES string of the molecule is CN=C1C(c2nc3ccccc3[nH]2)C(=O)C2(CCCOC2)N1c1cc(OC)cc(OC)c1. The van der Waals surface area contributed by atoms with Crippen LogP contribution in [0.3, 0.4) is 0 Å². The van der Waals surface area contributed by atoms with E-state index in [0.717, 1.165) is 23.1 Å². The van der Waals surface area contributed by atoms with Crippen LogP contribution in [0.25, 0.3) is 11.0 Å². The van der Waals surface area contributed by atoms with Crippen molar-refractivity contribution in [1.82, 2.24) is 9.97 Å². The molecule has 8 nitrogen and oxygen atoms in total. The van der Waals surface area contributed by atoms with E-state index in [1.165, 1.54) is 0 Å². The second-order valence-corrected chi connectivity index (χ2v) is 8.11. The summed E-state index contributed by atoms with van der Waals surface area (Å²) < 4.78 is 16.9.